The highest BCUT2D eigenvalue weighted by Crippen LogP contribution is 2.42. The molecule has 3 aliphatic rings. The number of pyridine rings is 1. The van der Waals surface area contributed by atoms with Crippen molar-refractivity contribution in [2.75, 3.05) is 36.0 Å². The summed E-state index contributed by atoms with van der Waals surface area (Å²) < 4.78 is 7.80. The summed E-state index contributed by atoms with van der Waals surface area (Å²) in [4.78, 5) is 19.3. The highest BCUT2D eigenvalue weighted by atomic mass is 35.5. The van der Waals surface area contributed by atoms with Gasteiger partial charge in [-0.15, -0.1) is 12.4 Å². The van der Waals surface area contributed by atoms with Crippen molar-refractivity contribution in [2.45, 2.75) is 58.2 Å². The molecule has 1 spiro atoms. The predicted octanol–water partition coefficient (Wildman–Crippen LogP) is 3.47. The Hall–Kier alpha value is -3.28. The summed E-state index contributed by atoms with van der Waals surface area (Å²) >= 11 is 0. The molecule has 7 heterocycles. The Morgan fingerprint density at radius 3 is 2.74 bits per heavy atom. The fraction of sp³-hybridized carbons (Fsp3) is 0.519. The van der Waals surface area contributed by atoms with E-state index in [4.69, 9.17) is 25.4 Å². The molecule has 3 aliphatic heterocycles. The number of aromatic amines is 1. The highest BCUT2D eigenvalue weighted by Gasteiger charge is 2.47. The third kappa shape index (κ3) is 4.32. The topological polar surface area (TPSA) is 127 Å². The number of hydrogen-bond acceptors (Lipinski definition) is 9. The summed E-state index contributed by atoms with van der Waals surface area (Å²) in [6, 6.07) is 4.31. The largest absolute Gasteiger partial charge is 0.376 e. The number of piperidine rings is 1. The summed E-state index contributed by atoms with van der Waals surface area (Å²) in [7, 11) is 0. The Labute approximate surface area is 233 Å². The van der Waals surface area contributed by atoms with Crippen LogP contribution in [0.2, 0.25) is 0 Å². The summed E-state index contributed by atoms with van der Waals surface area (Å²) in [5.41, 5.74) is 12.2. The smallest absolute Gasteiger partial charge is 0.183 e. The van der Waals surface area contributed by atoms with Crippen LogP contribution in [-0.4, -0.2) is 73.3 Å². The minimum absolute atomic E-state index is 0. The first-order valence-corrected chi connectivity index (χ1v) is 13.7. The molecule has 3 N–H and O–H groups in total. The van der Waals surface area contributed by atoms with Crippen LogP contribution in [0.25, 0.3) is 22.4 Å². The molecule has 2 atom stereocenters. The van der Waals surface area contributed by atoms with Gasteiger partial charge >= 0.3 is 0 Å². The van der Waals surface area contributed by atoms with E-state index in [1.165, 1.54) is 0 Å². The molecule has 4 aromatic rings. The number of rotatable bonds is 4. The zero-order chi connectivity index (χ0) is 25.9. The van der Waals surface area contributed by atoms with E-state index in [0.717, 1.165) is 98.3 Å². The maximum Gasteiger partial charge on any atom is 0.183 e. The van der Waals surface area contributed by atoms with Crippen LogP contribution >= 0.6 is 12.4 Å². The van der Waals surface area contributed by atoms with Gasteiger partial charge in [0.25, 0.3) is 0 Å². The van der Waals surface area contributed by atoms with Crippen LogP contribution in [0.15, 0.2) is 30.7 Å². The molecule has 0 saturated carbocycles. The number of anilines is 3. The maximum absolute atomic E-state index is 6.50. The fourth-order valence-corrected chi connectivity index (χ4v) is 6.27. The average Bonchev–Trinajstić information content (AvgIpc) is 3.68. The molecule has 0 bridgehead atoms. The van der Waals surface area contributed by atoms with E-state index < -0.39 is 0 Å². The van der Waals surface area contributed by atoms with Crippen LogP contribution < -0.4 is 15.5 Å². The highest BCUT2D eigenvalue weighted by molar-refractivity contribution is 5.87. The van der Waals surface area contributed by atoms with Crippen molar-refractivity contribution in [1.82, 2.24) is 34.9 Å². The molecule has 206 valence electrons. The number of hydrogen-bond donors (Lipinski definition) is 2. The minimum Gasteiger partial charge on any atom is -0.376 e. The van der Waals surface area contributed by atoms with Gasteiger partial charge in [0.1, 0.15) is 5.82 Å². The van der Waals surface area contributed by atoms with Crippen molar-refractivity contribution in [2.24, 2.45) is 11.1 Å². The number of aryl methyl sites for hydroxylation is 2. The monoisotopic (exact) mass is 550 g/mol. The molecular formula is C27H35ClN10O. The molecule has 0 radical (unpaired) electrons. The van der Waals surface area contributed by atoms with E-state index >= 15 is 0 Å². The van der Waals surface area contributed by atoms with Gasteiger partial charge in [-0.2, -0.15) is 10.2 Å². The van der Waals surface area contributed by atoms with Gasteiger partial charge in [-0.3, -0.25) is 14.8 Å². The lowest BCUT2D eigenvalue weighted by Crippen LogP contribution is -2.50. The Morgan fingerprint density at radius 2 is 2.00 bits per heavy atom. The van der Waals surface area contributed by atoms with Crippen molar-refractivity contribution >= 4 is 40.9 Å². The Bertz CT molecular complexity index is 1480. The van der Waals surface area contributed by atoms with Crippen molar-refractivity contribution in [1.29, 1.82) is 0 Å². The van der Waals surface area contributed by atoms with Crippen LogP contribution in [0.5, 0.6) is 0 Å². The summed E-state index contributed by atoms with van der Waals surface area (Å²) in [6.45, 7) is 8.42. The van der Waals surface area contributed by atoms with Gasteiger partial charge < -0.3 is 20.3 Å². The first-order chi connectivity index (χ1) is 18.5. The number of H-pyrrole nitrogens is 1. The van der Waals surface area contributed by atoms with Gasteiger partial charge in [0.2, 0.25) is 0 Å². The third-order valence-corrected chi connectivity index (χ3v) is 8.71. The van der Waals surface area contributed by atoms with Gasteiger partial charge in [0, 0.05) is 49.4 Å². The van der Waals surface area contributed by atoms with E-state index in [2.05, 4.69) is 51.1 Å². The van der Waals surface area contributed by atoms with Crippen molar-refractivity contribution in [3.05, 3.63) is 36.4 Å². The quantitative estimate of drug-likeness (QED) is 0.392. The standard InChI is InChI=1S/C27H34N10O.ClH/c1-3-36-15-18(13-30-36)19-6-7-21-20(31-19)5-4-10-37(21)26-23-25(33-34-26)32-22(14-29-23)35-11-8-27(9-12-35)16-38-17(2)24(27)28;/h6-7,13-15,17,24H,3-5,8-12,16,28H2,1-2H3,(H,32,33,34);1H/t17-,24+;/m0./s1. The van der Waals surface area contributed by atoms with Gasteiger partial charge in [0.05, 0.1) is 42.2 Å². The number of nitrogens with one attached hydrogen (secondary N) is 1. The van der Waals surface area contributed by atoms with Gasteiger partial charge in [-0.1, -0.05) is 0 Å². The van der Waals surface area contributed by atoms with Gasteiger partial charge in [-0.05, 0) is 51.7 Å². The second-order valence-corrected chi connectivity index (χ2v) is 10.9. The molecule has 2 saturated heterocycles. The molecule has 7 rings (SSSR count). The van der Waals surface area contributed by atoms with E-state index in [1.807, 2.05) is 23.3 Å². The van der Waals surface area contributed by atoms with Gasteiger partial charge in [-0.25, -0.2) is 9.97 Å². The van der Waals surface area contributed by atoms with Crippen molar-refractivity contribution in [3.63, 3.8) is 0 Å². The molecule has 0 aliphatic carbocycles. The molecule has 0 aromatic carbocycles. The van der Waals surface area contributed by atoms with Crippen LogP contribution in [0.1, 0.15) is 38.8 Å². The number of halogens is 1. The molecule has 0 amide bonds. The summed E-state index contributed by atoms with van der Waals surface area (Å²) in [5, 5.41) is 12.2. The second-order valence-electron chi connectivity index (χ2n) is 10.9. The van der Waals surface area contributed by atoms with Crippen LogP contribution in [0, 0.1) is 5.41 Å². The maximum atomic E-state index is 6.50. The fourth-order valence-electron chi connectivity index (χ4n) is 6.27. The number of fused-ring (bicyclic) bond motifs is 2. The molecule has 12 heteroatoms. The lowest BCUT2D eigenvalue weighted by molar-refractivity contribution is 0.0974. The van der Waals surface area contributed by atoms with Crippen molar-refractivity contribution < 1.29 is 4.74 Å². The van der Waals surface area contributed by atoms with E-state index in [9.17, 15) is 0 Å². The molecule has 11 nitrogen and oxygen atoms in total. The zero-order valence-corrected chi connectivity index (χ0v) is 23.2. The molecule has 39 heavy (non-hydrogen) atoms. The Morgan fingerprint density at radius 1 is 1.15 bits per heavy atom. The van der Waals surface area contributed by atoms with E-state index in [-0.39, 0.29) is 30.0 Å². The molecule has 4 aromatic heterocycles. The van der Waals surface area contributed by atoms with Gasteiger partial charge in [0.15, 0.2) is 17.0 Å². The lowest BCUT2D eigenvalue weighted by atomic mass is 9.73. The Balaban J connectivity index is 0.00000277. The SMILES string of the molecule is CCn1cc(-c2ccc3c(n2)CCCN3c2n[nH]c3nc(N4CCC5(CC4)CO[C@@H](C)[C@H]5N)cnc23)cn1.Cl. The zero-order valence-electron chi connectivity index (χ0n) is 22.4. The average molecular weight is 551 g/mol. The summed E-state index contributed by atoms with van der Waals surface area (Å²) in [6.07, 6.45) is 9.87. The van der Waals surface area contributed by atoms with E-state index in [0.29, 0.717) is 5.65 Å². The number of ether oxygens (including phenoxy) is 1. The number of nitrogens with zero attached hydrogens (tertiary/aromatic N) is 8. The lowest BCUT2D eigenvalue weighted by Gasteiger charge is -2.41. The van der Waals surface area contributed by atoms with Crippen LogP contribution in [0.4, 0.5) is 17.3 Å². The summed E-state index contributed by atoms with van der Waals surface area (Å²) in [5.74, 6) is 1.68. The minimum atomic E-state index is 0. The first kappa shape index (κ1) is 26.0. The first-order valence-electron chi connectivity index (χ1n) is 13.7. The van der Waals surface area contributed by atoms with Crippen LogP contribution in [-0.2, 0) is 17.7 Å². The normalized spacial score (nSPS) is 22.3. The Kier molecular flexibility index (Phi) is 6.68. The predicted molar refractivity (Wildman–Crippen MR) is 153 cm³/mol. The second kappa shape index (κ2) is 10.0. The van der Waals surface area contributed by atoms with Crippen molar-refractivity contribution in [3.8, 4) is 11.3 Å². The molecule has 0 unspecified atom stereocenters. The number of aromatic nitrogens is 7. The van der Waals surface area contributed by atoms with Crippen LogP contribution in [0.3, 0.4) is 0 Å². The van der Waals surface area contributed by atoms with E-state index in [1.54, 1.807) is 0 Å². The molecular weight excluding hydrogens is 516 g/mol. The third-order valence-electron chi connectivity index (χ3n) is 8.71. The number of nitrogens with two attached hydrogens (primary N) is 1. The molecule has 2 fully saturated rings.